The highest BCUT2D eigenvalue weighted by Gasteiger charge is 2.34. The molecule has 0 saturated carbocycles. The van der Waals surface area contributed by atoms with Crippen LogP contribution in [0.2, 0.25) is 0 Å². The van der Waals surface area contributed by atoms with Gasteiger partial charge in [0.2, 0.25) is 0 Å². The molecule has 8 nitrogen and oxygen atoms in total. The predicted octanol–water partition coefficient (Wildman–Crippen LogP) is 1.88. The van der Waals surface area contributed by atoms with Crippen LogP contribution in [0.3, 0.4) is 0 Å². The molecule has 22 heavy (non-hydrogen) atoms. The Morgan fingerprint density at radius 3 is 2.68 bits per heavy atom. The lowest BCUT2D eigenvalue weighted by Gasteiger charge is -2.32. The number of hydrogen-bond acceptors (Lipinski definition) is 6. The molecule has 3 atom stereocenters. The highest BCUT2D eigenvalue weighted by atomic mass is 32.2. The summed E-state index contributed by atoms with van der Waals surface area (Å²) in [6.07, 6.45) is -2.07. The van der Waals surface area contributed by atoms with E-state index in [4.69, 9.17) is 14.5 Å². The summed E-state index contributed by atoms with van der Waals surface area (Å²) in [4.78, 5) is 2.65. The molecule has 9 heteroatoms. The lowest BCUT2D eigenvalue weighted by Crippen LogP contribution is -2.42. The Labute approximate surface area is 128 Å². The Morgan fingerprint density at radius 2 is 2.09 bits per heavy atom. The molecule has 2 rings (SSSR count). The van der Waals surface area contributed by atoms with Gasteiger partial charge in [-0.05, 0) is 37.4 Å². The van der Waals surface area contributed by atoms with Crippen molar-refractivity contribution >= 4 is 10.1 Å². The summed E-state index contributed by atoms with van der Waals surface area (Å²) in [5.74, 6) is 0. The van der Waals surface area contributed by atoms with E-state index in [2.05, 4.69) is 10.0 Å². The minimum atomic E-state index is -3.97. The molecule has 1 saturated heterocycles. The predicted molar refractivity (Wildman–Crippen MR) is 77.4 cm³/mol. The highest BCUT2D eigenvalue weighted by Crippen LogP contribution is 2.25. The molecule has 1 aliphatic rings. The number of benzene rings is 1. The number of ether oxygens (including phenoxy) is 1. The van der Waals surface area contributed by atoms with Gasteiger partial charge < -0.3 is 9.84 Å². The van der Waals surface area contributed by atoms with E-state index in [9.17, 15) is 13.5 Å². The maximum Gasteiger partial charge on any atom is 0.297 e. The Morgan fingerprint density at radius 1 is 1.41 bits per heavy atom. The van der Waals surface area contributed by atoms with Crippen molar-refractivity contribution in [1.29, 1.82) is 0 Å². The van der Waals surface area contributed by atoms with Gasteiger partial charge in [0.05, 0.1) is 17.5 Å². The topological polar surface area (TPSA) is 122 Å². The van der Waals surface area contributed by atoms with Crippen LogP contribution in [0.1, 0.15) is 18.4 Å². The summed E-state index contributed by atoms with van der Waals surface area (Å²) in [7, 11) is -3.97. The molecule has 1 aromatic carbocycles. The first-order valence-corrected chi connectivity index (χ1v) is 8.17. The number of aliphatic hydroxyl groups is 1. The standard InChI is InChI=1S/C13H17N3O5S/c1-9-2-5-11(6-3-9)22(18,19)21-12-7-4-10(8-15-16-14)20-13(12)17/h2-3,5-6,10,12-13,17H,4,7-8H2,1H3/t10-,12+,13?/m0/s1. The second-order valence-electron chi connectivity index (χ2n) is 5.04. The van der Waals surface area contributed by atoms with E-state index in [-0.39, 0.29) is 17.9 Å². The normalized spacial score (nSPS) is 25.5. The minimum Gasteiger partial charge on any atom is -0.366 e. The fourth-order valence-electron chi connectivity index (χ4n) is 2.13. The zero-order chi connectivity index (χ0) is 16.2. The number of aryl methyl sites for hydroxylation is 1. The first kappa shape index (κ1) is 16.7. The van der Waals surface area contributed by atoms with E-state index >= 15 is 0 Å². The van der Waals surface area contributed by atoms with Crippen LogP contribution in [0.15, 0.2) is 34.3 Å². The summed E-state index contributed by atoms with van der Waals surface area (Å²) in [5.41, 5.74) is 9.18. The molecule has 0 aromatic heterocycles. The van der Waals surface area contributed by atoms with Gasteiger partial charge in [-0.2, -0.15) is 8.42 Å². The van der Waals surface area contributed by atoms with Gasteiger partial charge >= 0.3 is 0 Å². The zero-order valence-corrected chi connectivity index (χ0v) is 12.8. The van der Waals surface area contributed by atoms with Crippen molar-refractivity contribution in [2.45, 2.75) is 43.2 Å². The van der Waals surface area contributed by atoms with Gasteiger partial charge in [0.1, 0.15) is 6.10 Å². The Bertz CT molecular complexity index is 655. The van der Waals surface area contributed by atoms with Crippen LogP contribution in [0.25, 0.3) is 10.4 Å². The Hall–Kier alpha value is -1.64. The number of rotatable bonds is 5. The van der Waals surface area contributed by atoms with Crippen molar-refractivity contribution in [3.8, 4) is 0 Å². The zero-order valence-electron chi connectivity index (χ0n) is 12.0. The molecule has 0 spiro atoms. The van der Waals surface area contributed by atoms with Crippen LogP contribution in [0, 0.1) is 6.92 Å². The van der Waals surface area contributed by atoms with E-state index in [1.54, 1.807) is 12.1 Å². The van der Waals surface area contributed by atoms with Crippen LogP contribution in [0.4, 0.5) is 0 Å². The number of hydrogen-bond donors (Lipinski definition) is 1. The van der Waals surface area contributed by atoms with Crippen molar-refractivity contribution in [1.82, 2.24) is 0 Å². The van der Waals surface area contributed by atoms with Gasteiger partial charge in [-0.1, -0.05) is 22.8 Å². The minimum absolute atomic E-state index is 0.0292. The van der Waals surface area contributed by atoms with Crippen LogP contribution in [-0.4, -0.2) is 38.6 Å². The molecule has 120 valence electrons. The van der Waals surface area contributed by atoms with E-state index in [0.717, 1.165) is 5.56 Å². The molecule has 1 fully saturated rings. The van der Waals surface area contributed by atoms with E-state index in [0.29, 0.717) is 6.42 Å². The van der Waals surface area contributed by atoms with Crippen molar-refractivity contribution in [2.24, 2.45) is 5.11 Å². The maximum atomic E-state index is 12.2. The second kappa shape index (κ2) is 7.08. The quantitative estimate of drug-likeness (QED) is 0.383. The molecule has 1 aliphatic heterocycles. The van der Waals surface area contributed by atoms with Crippen LogP contribution < -0.4 is 0 Å². The molecule has 0 bridgehead atoms. The summed E-state index contributed by atoms with van der Waals surface area (Å²) >= 11 is 0. The van der Waals surface area contributed by atoms with Gasteiger partial charge in [-0.25, -0.2) is 0 Å². The molecular weight excluding hydrogens is 310 g/mol. The molecule has 1 unspecified atom stereocenters. The monoisotopic (exact) mass is 327 g/mol. The highest BCUT2D eigenvalue weighted by molar-refractivity contribution is 7.86. The molecule has 0 amide bonds. The second-order valence-corrected chi connectivity index (χ2v) is 6.61. The van der Waals surface area contributed by atoms with Gasteiger partial charge in [0.15, 0.2) is 6.29 Å². The van der Waals surface area contributed by atoms with Crippen LogP contribution in [-0.2, 0) is 19.0 Å². The summed E-state index contributed by atoms with van der Waals surface area (Å²) < 4.78 is 34.6. The average Bonchev–Trinajstić information content (AvgIpc) is 2.48. The maximum absolute atomic E-state index is 12.2. The lowest BCUT2D eigenvalue weighted by molar-refractivity contribution is -0.204. The number of aliphatic hydroxyl groups excluding tert-OH is 1. The smallest absolute Gasteiger partial charge is 0.297 e. The molecule has 1 heterocycles. The van der Waals surface area contributed by atoms with E-state index in [1.807, 2.05) is 6.92 Å². The van der Waals surface area contributed by atoms with Crippen molar-refractivity contribution < 1.29 is 22.4 Å². The molecular formula is C13H17N3O5S. The average molecular weight is 327 g/mol. The van der Waals surface area contributed by atoms with Crippen molar-refractivity contribution in [3.05, 3.63) is 40.3 Å². The molecule has 1 aromatic rings. The largest absolute Gasteiger partial charge is 0.366 e. The summed E-state index contributed by atoms with van der Waals surface area (Å²) in [6.45, 7) is 1.94. The van der Waals surface area contributed by atoms with Gasteiger partial charge in [0, 0.05) is 4.91 Å². The van der Waals surface area contributed by atoms with Gasteiger partial charge in [-0.3, -0.25) is 4.18 Å². The number of nitrogens with zero attached hydrogens (tertiary/aromatic N) is 3. The molecule has 1 N–H and O–H groups in total. The summed E-state index contributed by atoms with van der Waals surface area (Å²) in [6, 6.07) is 6.23. The fraction of sp³-hybridized carbons (Fsp3) is 0.538. The third-order valence-corrected chi connectivity index (χ3v) is 4.68. The third-order valence-electron chi connectivity index (χ3n) is 3.33. The first-order valence-electron chi connectivity index (χ1n) is 6.77. The summed E-state index contributed by atoms with van der Waals surface area (Å²) in [5, 5.41) is 13.2. The molecule has 0 aliphatic carbocycles. The van der Waals surface area contributed by atoms with E-state index < -0.39 is 28.6 Å². The van der Waals surface area contributed by atoms with Crippen LogP contribution >= 0.6 is 0 Å². The fourth-order valence-corrected chi connectivity index (χ4v) is 3.22. The molecule has 0 radical (unpaired) electrons. The third kappa shape index (κ3) is 4.19. The van der Waals surface area contributed by atoms with Gasteiger partial charge in [-0.15, -0.1) is 0 Å². The lowest BCUT2D eigenvalue weighted by atomic mass is 10.1. The van der Waals surface area contributed by atoms with Crippen molar-refractivity contribution in [2.75, 3.05) is 6.54 Å². The van der Waals surface area contributed by atoms with E-state index in [1.165, 1.54) is 12.1 Å². The first-order chi connectivity index (χ1) is 10.4. The SMILES string of the molecule is Cc1ccc(S(=O)(=O)O[C@@H]2CC[C@@H](CN=[N+]=[N-])OC2O)cc1. The van der Waals surface area contributed by atoms with Crippen LogP contribution in [0.5, 0.6) is 0 Å². The Kier molecular flexibility index (Phi) is 5.38. The van der Waals surface area contributed by atoms with Crippen molar-refractivity contribution in [3.63, 3.8) is 0 Å². The Balaban J connectivity index is 2.01. The number of azide groups is 1. The van der Waals surface area contributed by atoms with Gasteiger partial charge in [0.25, 0.3) is 10.1 Å².